The zero-order valence-electron chi connectivity index (χ0n) is 14.1. The molecule has 0 heterocycles. The highest BCUT2D eigenvalue weighted by atomic mass is 31.2. The van der Waals surface area contributed by atoms with Crippen LogP contribution in [0.5, 0.6) is 0 Å². The van der Waals surface area contributed by atoms with E-state index in [4.69, 9.17) is 13.6 Å². The summed E-state index contributed by atoms with van der Waals surface area (Å²) in [6, 6.07) is 19.1. The summed E-state index contributed by atoms with van der Waals surface area (Å²) in [7, 11) is 0.208. The standard InChI is InChI=1S/C18H24NO4P/c1-19(2)13-14-21-24(20,22-15-17-9-5-3-6-10-17)23-16-18-11-7-4-8-12-18/h3-12H,13-16H2,1-2H3. The van der Waals surface area contributed by atoms with E-state index in [9.17, 15) is 4.57 Å². The van der Waals surface area contributed by atoms with Crippen LogP contribution >= 0.6 is 7.82 Å². The summed E-state index contributed by atoms with van der Waals surface area (Å²) in [6.45, 7) is 1.25. The van der Waals surface area contributed by atoms with Gasteiger partial charge in [-0.1, -0.05) is 60.7 Å². The van der Waals surface area contributed by atoms with E-state index in [1.165, 1.54) is 0 Å². The molecule has 0 saturated carbocycles. The first kappa shape index (κ1) is 18.8. The van der Waals surface area contributed by atoms with Crippen molar-refractivity contribution in [3.8, 4) is 0 Å². The molecule has 24 heavy (non-hydrogen) atoms. The van der Waals surface area contributed by atoms with Gasteiger partial charge in [0.1, 0.15) is 0 Å². The van der Waals surface area contributed by atoms with Gasteiger partial charge in [-0.25, -0.2) is 4.57 Å². The second-order valence-electron chi connectivity index (χ2n) is 5.60. The minimum Gasteiger partial charge on any atom is -0.307 e. The van der Waals surface area contributed by atoms with Gasteiger partial charge in [-0.05, 0) is 25.2 Å². The van der Waals surface area contributed by atoms with Crippen LogP contribution in [0.4, 0.5) is 0 Å². The molecule has 0 aromatic heterocycles. The van der Waals surface area contributed by atoms with Crippen molar-refractivity contribution in [1.82, 2.24) is 4.90 Å². The molecule has 130 valence electrons. The Balaban J connectivity index is 1.95. The fraction of sp³-hybridized carbons (Fsp3) is 0.333. The normalized spacial score (nSPS) is 11.8. The molecular weight excluding hydrogens is 325 g/mol. The molecule has 0 bridgehead atoms. The summed E-state index contributed by atoms with van der Waals surface area (Å²) in [6.07, 6.45) is 0. The summed E-state index contributed by atoms with van der Waals surface area (Å²) in [4.78, 5) is 1.94. The summed E-state index contributed by atoms with van der Waals surface area (Å²) >= 11 is 0. The lowest BCUT2D eigenvalue weighted by Gasteiger charge is -2.19. The Morgan fingerprint density at radius 3 is 1.67 bits per heavy atom. The molecule has 0 amide bonds. The Morgan fingerprint density at radius 2 is 1.25 bits per heavy atom. The quantitative estimate of drug-likeness (QED) is 0.604. The average Bonchev–Trinajstić information content (AvgIpc) is 2.60. The van der Waals surface area contributed by atoms with E-state index in [0.717, 1.165) is 11.1 Å². The number of hydrogen-bond donors (Lipinski definition) is 0. The Morgan fingerprint density at radius 1 is 0.792 bits per heavy atom. The summed E-state index contributed by atoms with van der Waals surface area (Å²) < 4.78 is 29.3. The molecule has 0 fully saturated rings. The van der Waals surface area contributed by atoms with E-state index in [0.29, 0.717) is 6.54 Å². The van der Waals surface area contributed by atoms with Gasteiger partial charge in [0.15, 0.2) is 0 Å². The van der Waals surface area contributed by atoms with Gasteiger partial charge in [-0.15, -0.1) is 0 Å². The molecule has 0 spiro atoms. The number of hydrogen-bond acceptors (Lipinski definition) is 5. The van der Waals surface area contributed by atoms with E-state index in [2.05, 4.69) is 0 Å². The molecule has 2 aromatic rings. The highest BCUT2D eigenvalue weighted by molar-refractivity contribution is 7.48. The molecule has 5 nitrogen and oxygen atoms in total. The van der Waals surface area contributed by atoms with Gasteiger partial charge in [0.05, 0.1) is 19.8 Å². The second-order valence-corrected chi connectivity index (χ2v) is 7.27. The number of phosphoric acid groups is 1. The smallest absolute Gasteiger partial charge is 0.307 e. The van der Waals surface area contributed by atoms with Gasteiger partial charge < -0.3 is 4.90 Å². The minimum absolute atomic E-state index is 0.175. The highest BCUT2D eigenvalue weighted by Gasteiger charge is 2.27. The van der Waals surface area contributed by atoms with Gasteiger partial charge >= 0.3 is 7.82 Å². The lowest BCUT2D eigenvalue weighted by atomic mass is 10.2. The van der Waals surface area contributed by atoms with E-state index < -0.39 is 7.82 Å². The average molecular weight is 349 g/mol. The largest absolute Gasteiger partial charge is 0.475 e. The van der Waals surface area contributed by atoms with Crippen molar-refractivity contribution in [3.63, 3.8) is 0 Å². The Kier molecular flexibility index (Phi) is 7.63. The van der Waals surface area contributed by atoms with Crippen molar-refractivity contribution in [2.45, 2.75) is 13.2 Å². The third kappa shape index (κ3) is 6.95. The lowest BCUT2D eigenvalue weighted by Crippen LogP contribution is -2.18. The third-order valence-electron chi connectivity index (χ3n) is 3.25. The van der Waals surface area contributed by atoms with Crippen LogP contribution in [0, 0.1) is 0 Å². The highest BCUT2D eigenvalue weighted by Crippen LogP contribution is 2.50. The molecule has 0 saturated heterocycles. The van der Waals surface area contributed by atoms with E-state index in [-0.39, 0.29) is 19.8 Å². The van der Waals surface area contributed by atoms with Crippen LogP contribution in [-0.4, -0.2) is 32.1 Å². The van der Waals surface area contributed by atoms with Gasteiger partial charge in [-0.3, -0.25) is 13.6 Å². The summed E-state index contributed by atoms with van der Waals surface area (Å²) in [5.74, 6) is 0. The van der Waals surface area contributed by atoms with Crippen LogP contribution in [0.2, 0.25) is 0 Å². The molecular formula is C18H24NO4P. The number of rotatable bonds is 10. The molecule has 6 heteroatoms. The predicted octanol–water partition coefficient (Wildman–Crippen LogP) is 4.11. The van der Waals surface area contributed by atoms with Crippen LogP contribution in [0.1, 0.15) is 11.1 Å². The SMILES string of the molecule is CN(C)CCOP(=O)(OCc1ccccc1)OCc1ccccc1. The van der Waals surface area contributed by atoms with Crippen molar-refractivity contribution >= 4 is 7.82 Å². The summed E-state index contributed by atoms with van der Waals surface area (Å²) in [5.41, 5.74) is 1.83. The topological polar surface area (TPSA) is 48.0 Å². The fourth-order valence-electron chi connectivity index (χ4n) is 1.90. The molecule has 0 aliphatic carbocycles. The van der Waals surface area contributed by atoms with Crippen molar-refractivity contribution < 1.29 is 18.1 Å². The minimum atomic E-state index is -3.63. The zero-order chi connectivity index (χ0) is 17.3. The monoisotopic (exact) mass is 349 g/mol. The van der Waals surface area contributed by atoms with Crippen LogP contribution in [0.25, 0.3) is 0 Å². The molecule has 0 N–H and O–H groups in total. The zero-order valence-corrected chi connectivity index (χ0v) is 15.0. The molecule has 0 unspecified atom stereocenters. The van der Waals surface area contributed by atoms with Crippen LogP contribution in [0.3, 0.4) is 0 Å². The summed E-state index contributed by atoms with van der Waals surface area (Å²) in [5, 5.41) is 0. The molecule has 2 aromatic carbocycles. The molecule has 2 rings (SSSR count). The number of benzene rings is 2. The van der Waals surface area contributed by atoms with Gasteiger partial charge in [0.25, 0.3) is 0 Å². The van der Waals surface area contributed by atoms with Crippen LogP contribution < -0.4 is 0 Å². The molecule has 0 radical (unpaired) electrons. The van der Waals surface area contributed by atoms with Gasteiger partial charge in [0, 0.05) is 6.54 Å². The first-order valence-corrected chi connectivity index (χ1v) is 9.30. The maximum Gasteiger partial charge on any atom is 0.475 e. The predicted molar refractivity (Wildman–Crippen MR) is 94.6 cm³/mol. The fourth-order valence-corrected chi connectivity index (χ4v) is 3.05. The van der Waals surface area contributed by atoms with Crippen molar-refractivity contribution in [2.24, 2.45) is 0 Å². The van der Waals surface area contributed by atoms with Crippen LogP contribution in [0.15, 0.2) is 60.7 Å². The lowest BCUT2D eigenvalue weighted by molar-refractivity contribution is 0.0976. The second kappa shape index (κ2) is 9.72. The Bertz CT molecular complexity index is 586. The van der Waals surface area contributed by atoms with Crippen LogP contribution in [-0.2, 0) is 31.4 Å². The van der Waals surface area contributed by atoms with E-state index in [1.54, 1.807) is 0 Å². The first-order valence-electron chi connectivity index (χ1n) is 7.84. The van der Waals surface area contributed by atoms with Crippen molar-refractivity contribution in [2.75, 3.05) is 27.2 Å². The Hall–Kier alpha value is -1.49. The van der Waals surface area contributed by atoms with Gasteiger partial charge in [-0.2, -0.15) is 0 Å². The van der Waals surface area contributed by atoms with Crippen molar-refractivity contribution in [3.05, 3.63) is 71.8 Å². The molecule has 0 atom stereocenters. The third-order valence-corrected chi connectivity index (χ3v) is 4.64. The maximum absolute atomic E-state index is 12.9. The molecule has 0 aliphatic rings. The number of phosphoric ester groups is 1. The Labute approximate surface area is 143 Å². The van der Waals surface area contributed by atoms with Crippen molar-refractivity contribution in [1.29, 1.82) is 0 Å². The maximum atomic E-state index is 12.9. The number of nitrogens with zero attached hydrogens (tertiary/aromatic N) is 1. The molecule has 0 aliphatic heterocycles. The van der Waals surface area contributed by atoms with E-state index in [1.807, 2.05) is 79.7 Å². The first-order chi connectivity index (χ1) is 11.6. The number of likely N-dealkylation sites (N-methyl/N-ethyl adjacent to an activating group) is 1. The van der Waals surface area contributed by atoms with Gasteiger partial charge in [0.2, 0.25) is 0 Å². The van der Waals surface area contributed by atoms with E-state index >= 15 is 0 Å².